The number of benzene rings is 1. The van der Waals surface area contributed by atoms with Crippen LogP contribution in [-0.2, 0) is 0 Å². The molecular weight excluding hydrogens is 200 g/mol. The molecule has 86 valence electrons. The molecule has 1 aromatic carbocycles. The number of carbonyl (C=O) groups is 1. The van der Waals surface area contributed by atoms with Crippen LogP contribution in [0.5, 0.6) is 0 Å². The topological polar surface area (TPSA) is 41.1 Å². The molecule has 0 aliphatic carbocycles. The average Bonchev–Trinajstić information content (AvgIpc) is 2.39. The van der Waals surface area contributed by atoms with Gasteiger partial charge in [0.25, 0.3) is 5.91 Å². The first-order valence-corrected chi connectivity index (χ1v) is 5.80. The Morgan fingerprint density at radius 3 is 2.88 bits per heavy atom. The summed E-state index contributed by atoms with van der Waals surface area (Å²) in [7, 11) is 0. The highest BCUT2D eigenvalue weighted by Crippen LogP contribution is 2.19. The Bertz CT molecular complexity index is 387. The molecule has 1 amide bonds. The third kappa shape index (κ3) is 2.35. The van der Waals surface area contributed by atoms with Gasteiger partial charge in [0.05, 0.1) is 5.56 Å². The molecule has 1 aliphatic heterocycles. The van der Waals surface area contributed by atoms with Crippen molar-refractivity contribution >= 4 is 11.6 Å². The maximum Gasteiger partial charge on any atom is 0.253 e. The second-order valence-electron chi connectivity index (χ2n) is 4.73. The average molecular weight is 218 g/mol. The van der Waals surface area contributed by atoms with Gasteiger partial charge in [0.15, 0.2) is 0 Å². The number of carbonyl (C=O) groups excluding carboxylic acids is 1. The van der Waals surface area contributed by atoms with Crippen LogP contribution in [0.15, 0.2) is 24.3 Å². The van der Waals surface area contributed by atoms with Crippen molar-refractivity contribution in [3.8, 4) is 0 Å². The minimum absolute atomic E-state index is 0.0336. The molecule has 16 heavy (non-hydrogen) atoms. The van der Waals surface area contributed by atoms with Crippen LogP contribution in [-0.4, -0.2) is 18.5 Å². The van der Waals surface area contributed by atoms with Gasteiger partial charge >= 0.3 is 0 Å². The van der Waals surface area contributed by atoms with Gasteiger partial charge in [0.1, 0.15) is 0 Å². The normalized spacial score (nSPS) is 19.7. The van der Waals surface area contributed by atoms with Gasteiger partial charge in [-0.05, 0) is 24.5 Å². The first-order chi connectivity index (χ1) is 7.66. The third-order valence-electron chi connectivity index (χ3n) is 2.80. The first kappa shape index (κ1) is 11.0. The Kier molecular flexibility index (Phi) is 3.13. The van der Waals surface area contributed by atoms with E-state index < -0.39 is 0 Å². The van der Waals surface area contributed by atoms with E-state index >= 15 is 0 Å². The molecule has 0 radical (unpaired) electrons. The molecule has 0 saturated carbocycles. The fourth-order valence-electron chi connectivity index (χ4n) is 2.09. The van der Waals surface area contributed by atoms with E-state index in [0.29, 0.717) is 5.92 Å². The number of para-hydroxylation sites is 1. The molecule has 3 heteroatoms. The van der Waals surface area contributed by atoms with Crippen molar-refractivity contribution in [1.82, 2.24) is 5.32 Å². The second kappa shape index (κ2) is 4.56. The van der Waals surface area contributed by atoms with Gasteiger partial charge in [-0.25, -0.2) is 0 Å². The first-order valence-electron chi connectivity index (χ1n) is 5.80. The number of amides is 1. The molecule has 3 nitrogen and oxygen atoms in total. The lowest BCUT2D eigenvalue weighted by Crippen LogP contribution is -2.37. The monoisotopic (exact) mass is 218 g/mol. The Morgan fingerprint density at radius 2 is 2.12 bits per heavy atom. The number of anilines is 1. The zero-order valence-electron chi connectivity index (χ0n) is 9.79. The van der Waals surface area contributed by atoms with Gasteiger partial charge in [0.2, 0.25) is 0 Å². The van der Waals surface area contributed by atoms with Gasteiger partial charge in [-0.15, -0.1) is 0 Å². The van der Waals surface area contributed by atoms with E-state index in [0.717, 1.165) is 24.2 Å². The molecular formula is C13H18N2O. The van der Waals surface area contributed by atoms with E-state index in [9.17, 15) is 4.79 Å². The summed E-state index contributed by atoms with van der Waals surface area (Å²) in [6, 6.07) is 7.87. The molecule has 1 aliphatic rings. The summed E-state index contributed by atoms with van der Waals surface area (Å²) in [5.74, 6) is 0.625. The fraction of sp³-hybridized carbons (Fsp3) is 0.462. The van der Waals surface area contributed by atoms with E-state index in [1.54, 1.807) is 0 Å². The number of hydrogen-bond donors (Lipinski definition) is 2. The van der Waals surface area contributed by atoms with Crippen LogP contribution in [0.25, 0.3) is 0 Å². The number of nitrogens with one attached hydrogen (secondary N) is 2. The van der Waals surface area contributed by atoms with Crippen LogP contribution in [0.4, 0.5) is 5.69 Å². The highest BCUT2D eigenvalue weighted by atomic mass is 16.1. The van der Waals surface area contributed by atoms with Gasteiger partial charge in [0, 0.05) is 18.3 Å². The Morgan fingerprint density at radius 1 is 1.38 bits per heavy atom. The van der Waals surface area contributed by atoms with E-state index in [1.165, 1.54) is 0 Å². The van der Waals surface area contributed by atoms with Crippen LogP contribution < -0.4 is 10.6 Å². The van der Waals surface area contributed by atoms with Crippen LogP contribution >= 0.6 is 0 Å². The van der Waals surface area contributed by atoms with Gasteiger partial charge in [-0.1, -0.05) is 26.0 Å². The lowest BCUT2D eigenvalue weighted by atomic mass is 10.0. The molecule has 2 N–H and O–H groups in total. The van der Waals surface area contributed by atoms with Crippen molar-refractivity contribution in [3.05, 3.63) is 29.8 Å². The predicted octanol–water partition coefficient (Wildman–Crippen LogP) is 2.26. The highest BCUT2D eigenvalue weighted by Gasteiger charge is 2.20. The lowest BCUT2D eigenvalue weighted by molar-refractivity contribution is 0.0938. The molecule has 0 aromatic heterocycles. The smallest absolute Gasteiger partial charge is 0.253 e. The van der Waals surface area contributed by atoms with Crippen molar-refractivity contribution in [2.75, 3.05) is 11.9 Å². The molecule has 1 unspecified atom stereocenters. The van der Waals surface area contributed by atoms with Crippen LogP contribution in [0, 0.1) is 5.92 Å². The zero-order valence-corrected chi connectivity index (χ0v) is 9.79. The van der Waals surface area contributed by atoms with Crippen LogP contribution in [0.2, 0.25) is 0 Å². The van der Waals surface area contributed by atoms with Crippen molar-refractivity contribution < 1.29 is 4.79 Å². The van der Waals surface area contributed by atoms with E-state index in [2.05, 4.69) is 24.5 Å². The molecule has 1 atom stereocenters. The minimum atomic E-state index is 0.0336. The molecule has 0 bridgehead atoms. The summed E-state index contributed by atoms with van der Waals surface area (Å²) in [5, 5.41) is 6.39. The SMILES string of the molecule is CC(C)CC1CNc2ccccc2C(=O)N1. The van der Waals surface area contributed by atoms with Gasteiger partial charge in [-0.3, -0.25) is 4.79 Å². The third-order valence-corrected chi connectivity index (χ3v) is 2.80. The molecule has 1 aromatic rings. The summed E-state index contributed by atoms with van der Waals surface area (Å²) in [5.41, 5.74) is 1.68. The summed E-state index contributed by atoms with van der Waals surface area (Å²) < 4.78 is 0. The zero-order chi connectivity index (χ0) is 11.5. The molecule has 0 fully saturated rings. The molecule has 0 saturated heterocycles. The maximum absolute atomic E-state index is 11.9. The largest absolute Gasteiger partial charge is 0.382 e. The summed E-state index contributed by atoms with van der Waals surface area (Å²) in [6.07, 6.45) is 1.01. The highest BCUT2D eigenvalue weighted by molar-refractivity contribution is 6.00. The second-order valence-corrected chi connectivity index (χ2v) is 4.73. The van der Waals surface area contributed by atoms with Crippen molar-refractivity contribution in [1.29, 1.82) is 0 Å². The fourth-order valence-corrected chi connectivity index (χ4v) is 2.09. The van der Waals surface area contributed by atoms with E-state index in [1.807, 2.05) is 24.3 Å². The number of fused-ring (bicyclic) bond motifs is 1. The Labute approximate surface area is 96.2 Å². The maximum atomic E-state index is 11.9. The van der Waals surface area contributed by atoms with Crippen molar-refractivity contribution in [2.24, 2.45) is 5.92 Å². The Balaban J connectivity index is 2.16. The van der Waals surface area contributed by atoms with Gasteiger partial charge < -0.3 is 10.6 Å². The van der Waals surface area contributed by atoms with E-state index in [4.69, 9.17) is 0 Å². The minimum Gasteiger partial charge on any atom is -0.382 e. The van der Waals surface area contributed by atoms with Crippen LogP contribution in [0.1, 0.15) is 30.6 Å². The lowest BCUT2D eigenvalue weighted by Gasteiger charge is -2.17. The Hall–Kier alpha value is -1.51. The van der Waals surface area contributed by atoms with E-state index in [-0.39, 0.29) is 11.9 Å². The van der Waals surface area contributed by atoms with Crippen molar-refractivity contribution in [3.63, 3.8) is 0 Å². The predicted molar refractivity (Wildman–Crippen MR) is 65.6 cm³/mol. The molecule has 0 spiro atoms. The summed E-state index contributed by atoms with van der Waals surface area (Å²) >= 11 is 0. The molecule has 1 heterocycles. The van der Waals surface area contributed by atoms with Crippen LogP contribution in [0.3, 0.4) is 0 Å². The van der Waals surface area contributed by atoms with Gasteiger partial charge in [-0.2, -0.15) is 0 Å². The van der Waals surface area contributed by atoms with Crippen molar-refractivity contribution in [2.45, 2.75) is 26.3 Å². The number of rotatable bonds is 2. The summed E-state index contributed by atoms with van der Waals surface area (Å²) in [4.78, 5) is 11.9. The number of hydrogen-bond acceptors (Lipinski definition) is 2. The summed E-state index contributed by atoms with van der Waals surface area (Å²) in [6.45, 7) is 5.15. The molecule has 2 rings (SSSR count). The standard InChI is InChI=1S/C13H18N2O/c1-9(2)7-10-8-14-12-6-4-3-5-11(12)13(16)15-10/h3-6,9-10,14H,7-8H2,1-2H3,(H,15,16). The quantitative estimate of drug-likeness (QED) is 0.799.